The summed E-state index contributed by atoms with van der Waals surface area (Å²) >= 11 is 0. The number of amides is 1. The van der Waals surface area contributed by atoms with Gasteiger partial charge in [-0.05, 0) is 55.3 Å². The van der Waals surface area contributed by atoms with Crippen LogP contribution < -0.4 is 19.5 Å². The van der Waals surface area contributed by atoms with Gasteiger partial charge in [0, 0.05) is 11.6 Å². The number of rotatable bonds is 8. The first kappa shape index (κ1) is 21.4. The zero-order chi connectivity index (χ0) is 21.9. The Kier molecular flexibility index (Phi) is 6.14. The molecular formula is C22H24FNO6. The monoisotopic (exact) mass is 417 g/mol. The molecule has 2 aromatic rings. The second-order valence-corrected chi connectivity index (χ2v) is 6.87. The minimum Gasteiger partial charge on any atom is -0.493 e. The maximum absolute atomic E-state index is 13.2. The number of benzene rings is 2. The molecule has 1 saturated carbocycles. The van der Waals surface area contributed by atoms with Gasteiger partial charge in [-0.2, -0.15) is 0 Å². The molecule has 0 heterocycles. The van der Waals surface area contributed by atoms with Crippen molar-refractivity contribution in [3.8, 4) is 17.2 Å². The molecule has 0 saturated heterocycles. The molecule has 30 heavy (non-hydrogen) atoms. The van der Waals surface area contributed by atoms with Crippen molar-refractivity contribution >= 4 is 17.6 Å². The van der Waals surface area contributed by atoms with E-state index in [2.05, 4.69) is 5.32 Å². The summed E-state index contributed by atoms with van der Waals surface area (Å²) in [6.45, 7) is 1.83. The molecule has 1 aliphatic rings. The van der Waals surface area contributed by atoms with Crippen LogP contribution in [0.3, 0.4) is 0 Å². The lowest BCUT2D eigenvalue weighted by molar-refractivity contribution is -0.153. The number of esters is 1. The van der Waals surface area contributed by atoms with Crippen LogP contribution in [0.2, 0.25) is 0 Å². The van der Waals surface area contributed by atoms with E-state index in [1.165, 1.54) is 45.6 Å². The molecule has 0 aromatic heterocycles. The molecule has 160 valence electrons. The number of ether oxygens (including phenoxy) is 4. The minimum absolute atomic E-state index is 0.145. The molecule has 0 spiro atoms. The summed E-state index contributed by atoms with van der Waals surface area (Å²) in [6.07, 6.45) is 0.261. The largest absolute Gasteiger partial charge is 0.493 e. The molecule has 0 unspecified atom stereocenters. The van der Waals surface area contributed by atoms with Crippen LogP contribution in [0.4, 0.5) is 10.1 Å². The van der Waals surface area contributed by atoms with E-state index in [9.17, 15) is 14.0 Å². The number of halogens is 1. The van der Waals surface area contributed by atoms with Crippen LogP contribution in [-0.2, 0) is 14.3 Å². The average molecular weight is 417 g/mol. The zero-order valence-corrected chi connectivity index (χ0v) is 17.3. The molecule has 1 amide bonds. The summed E-state index contributed by atoms with van der Waals surface area (Å²) in [6, 6.07) is 8.77. The van der Waals surface area contributed by atoms with Gasteiger partial charge in [0.25, 0.3) is 0 Å². The van der Waals surface area contributed by atoms with Gasteiger partial charge in [0.05, 0.1) is 27.9 Å². The summed E-state index contributed by atoms with van der Waals surface area (Å²) < 4.78 is 34.5. The molecule has 1 N–H and O–H groups in total. The minimum atomic E-state index is -1.39. The van der Waals surface area contributed by atoms with Crippen LogP contribution in [0.15, 0.2) is 36.4 Å². The molecule has 7 nitrogen and oxygen atoms in total. The Morgan fingerprint density at radius 2 is 1.67 bits per heavy atom. The van der Waals surface area contributed by atoms with E-state index < -0.39 is 29.0 Å². The van der Waals surface area contributed by atoms with E-state index in [1.807, 2.05) is 0 Å². The molecule has 2 atom stereocenters. The lowest BCUT2D eigenvalue weighted by Gasteiger charge is -2.18. The third-order valence-corrected chi connectivity index (χ3v) is 5.20. The van der Waals surface area contributed by atoms with Gasteiger partial charge in [0.15, 0.2) is 16.9 Å². The highest BCUT2D eigenvalue weighted by Gasteiger charge is 2.67. The van der Waals surface area contributed by atoms with Gasteiger partial charge in [-0.15, -0.1) is 0 Å². The normalized spacial score (nSPS) is 19.6. The van der Waals surface area contributed by atoms with Crippen molar-refractivity contribution in [1.82, 2.24) is 0 Å². The van der Waals surface area contributed by atoms with Crippen molar-refractivity contribution in [2.45, 2.75) is 19.3 Å². The van der Waals surface area contributed by atoms with Crippen molar-refractivity contribution in [1.29, 1.82) is 0 Å². The molecular weight excluding hydrogens is 393 g/mol. The summed E-state index contributed by atoms with van der Waals surface area (Å²) in [7, 11) is 4.48. The Morgan fingerprint density at radius 3 is 2.17 bits per heavy atom. The van der Waals surface area contributed by atoms with Gasteiger partial charge >= 0.3 is 5.97 Å². The lowest BCUT2D eigenvalue weighted by Crippen LogP contribution is -2.34. The van der Waals surface area contributed by atoms with E-state index in [0.717, 1.165) is 0 Å². The Balaban J connectivity index is 1.96. The second kappa shape index (κ2) is 8.61. The van der Waals surface area contributed by atoms with Gasteiger partial charge in [-0.25, -0.2) is 4.39 Å². The SMILES string of the molecule is CCOC(=O)[C@]1(C(=O)Nc2ccc(F)cc2)C[C@H]1c1cc(OC)c(OC)c(OC)c1. The van der Waals surface area contributed by atoms with E-state index in [-0.39, 0.29) is 13.0 Å². The highest BCUT2D eigenvalue weighted by molar-refractivity contribution is 6.13. The molecule has 2 aromatic carbocycles. The van der Waals surface area contributed by atoms with Crippen molar-refractivity contribution in [2.75, 3.05) is 33.3 Å². The van der Waals surface area contributed by atoms with Gasteiger partial charge in [0.1, 0.15) is 5.82 Å². The molecule has 0 radical (unpaired) electrons. The van der Waals surface area contributed by atoms with Crippen LogP contribution in [0.25, 0.3) is 0 Å². The second-order valence-electron chi connectivity index (χ2n) is 6.87. The van der Waals surface area contributed by atoms with Gasteiger partial charge < -0.3 is 24.3 Å². The standard InChI is InChI=1S/C22H24FNO6/c1-5-30-21(26)22(20(25)24-15-8-6-14(23)7-9-15)12-16(22)13-10-17(27-2)19(29-4)18(11-13)28-3/h6-11,16H,5,12H2,1-4H3,(H,24,25)/t16-,22+/m0/s1. The topological polar surface area (TPSA) is 83.1 Å². The predicted molar refractivity (Wildman–Crippen MR) is 108 cm³/mol. The maximum Gasteiger partial charge on any atom is 0.322 e. The number of methoxy groups -OCH3 is 3. The Bertz CT molecular complexity index is 920. The third kappa shape index (κ3) is 3.77. The fourth-order valence-corrected chi connectivity index (χ4v) is 3.57. The average Bonchev–Trinajstić information content (AvgIpc) is 3.51. The molecule has 3 rings (SSSR count). The van der Waals surface area contributed by atoms with Crippen molar-refractivity contribution < 1.29 is 32.9 Å². The first-order valence-corrected chi connectivity index (χ1v) is 9.45. The first-order chi connectivity index (χ1) is 14.4. The summed E-state index contributed by atoms with van der Waals surface area (Å²) in [5, 5.41) is 2.70. The van der Waals surface area contributed by atoms with Gasteiger partial charge in [0.2, 0.25) is 11.7 Å². The van der Waals surface area contributed by atoms with Crippen molar-refractivity contribution in [3.05, 3.63) is 47.8 Å². The molecule has 0 bridgehead atoms. The summed E-state index contributed by atoms with van der Waals surface area (Å²) in [4.78, 5) is 25.9. The first-order valence-electron chi connectivity index (χ1n) is 9.45. The maximum atomic E-state index is 13.2. The summed E-state index contributed by atoms with van der Waals surface area (Å²) in [5.74, 6) is -0.706. The summed E-state index contributed by atoms with van der Waals surface area (Å²) in [5.41, 5.74) is -0.318. The van der Waals surface area contributed by atoms with Crippen LogP contribution in [0.5, 0.6) is 17.2 Å². The quantitative estimate of drug-likeness (QED) is 0.523. The molecule has 1 aliphatic carbocycles. The smallest absolute Gasteiger partial charge is 0.322 e. The van der Waals surface area contributed by atoms with Crippen LogP contribution in [-0.4, -0.2) is 39.8 Å². The molecule has 8 heteroatoms. The van der Waals surface area contributed by atoms with Crippen LogP contribution in [0, 0.1) is 11.2 Å². The van der Waals surface area contributed by atoms with Crippen molar-refractivity contribution in [3.63, 3.8) is 0 Å². The predicted octanol–water partition coefficient (Wildman–Crippen LogP) is 3.53. The number of hydrogen-bond acceptors (Lipinski definition) is 6. The van der Waals surface area contributed by atoms with Crippen LogP contribution in [0.1, 0.15) is 24.8 Å². The zero-order valence-electron chi connectivity index (χ0n) is 17.3. The molecule has 0 aliphatic heterocycles. The fraction of sp³-hybridized carbons (Fsp3) is 0.364. The van der Waals surface area contributed by atoms with Crippen molar-refractivity contribution in [2.24, 2.45) is 5.41 Å². The van der Waals surface area contributed by atoms with E-state index >= 15 is 0 Å². The number of hydrogen-bond donors (Lipinski definition) is 1. The molecule has 1 fully saturated rings. The van der Waals surface area contributed by atoms with E-state index in [1.54, 1.807) is 19.1 Å². The Morgan fingerprint density at radius 1 is 1.07 bits per heavy atom. The lowest BCUT2D eigenvalue weighted by atomic mass is 9.97. The van der Waals surface area contributed by atoms with Crippen LogP contribution >= 0.6 is 0 Å². The number of nitrogens with one attached hydrogen (secondary N) is 1. The highest BCUT2D eigenvalue weighted by Crippen LogP contribution is 2.62. The van der Waals surface area contributed by atoms with Gasteiger partial charge in [-0.1, -0.05) is 0 Å². The highest BCUT2D eigenvalue weighted by atomic mass is 19.1. The van der Waals surface area contributed by atoms with E-state index in [4.69, 9.17) is 18.9 Å². The Labute approximate surface area is 174 Å². The fourth-order valence-electron chi connectivity index (χ4n) is 3.57. The number of carbonyl (C=O) groups excluding carboxylic acids is 2. The number of anilines is 1. The third-order valence-electron chi connectivity index (χ3n) is 5.20. The Hall–Kier alpha value is -3.29. The van der Waals surface area contributed by atoms with Gasteiger partial charge in [-0.3, -0.25) is 9.59 Å². The number of carbonyl (C=O) groups is 2. The van der Waals surface area contributed by atoms with E-state index in [0.29, 0.717) is 28.5 Å².